The lowest BCUT2D eigenvalue weighted by Gasteiger charge is -2.16. The first kappa shape index (κ1) is 14.4. The second kappa shape index (κ2) is 6.00. The fourth-order valence-corrected chi connectivity index (χ4v) is 2.76. The van der Waals surface area contributed by atoms with Crippen molar-refractivity contribution in [3.05, 3.63) is 58.1 Å². The smallest absolute Gasteiger partial charge is 0.0403 e. The van der Waals surface area contributed by atoms with Crippen molar-refractivity contribution < 1.29 is 0 Å². The quantitative estimate of drug-likeness (QED) is 0.827. The molecule has 0 heterocycles. The largest absolute Gasteiger partial charge is 0.398 e. The molecule has 0 unspecified atom stereocenters. The SMILES string of the molecule is CCc1cc(Cc2cccc(C)c2)c(N)c(CC)c1N. The van der Waals surface area contributed by atoms with Gasteiger partial charge in [-0.15, -0.1) is 0 Å². The van der Waals surface area contributed by atoms with Crippen LogP contribution in [0.25, 0.3) is 0 Å². The highest BCUT2D eigenvalue weighted by Gasteiger charge is 2.12. The molecule has 0 saturated heterocycles. The summed E-state index contributed by atoms with van der Waals surface area (Å²) in [5.74, 6) is 0. The molecule has 106 valence electrons. The van der Waals surface area contributed by atoms with E-state index >= 15 is 0 Å². The summed E-state index contributed by atoms with van der Waals surface area (Å²) in [6, 6.07) is 10.8. The van der Waals surface area contributed by atoms with E-state index in [1.165, 1.54) is 22.3 Å². The standard InChI is InChI=1S/C18H24N2/c1-4-14-11-15(18(20)16(5-2)17(14)19)10-13-8-6-7-12(3)9-13/h6-9,11H,4-5,10,19-20H2,1-3H3. The lowest BCUT2D eigenvalue weighted by atomic mass is 9.93. The number of hydrogen-bond donors (Lipinski definition) is 2. The van der Waals surface area contributed by atoms with Crippen LogP contribution in [0.3, 0.4) is 0 Å². The van der Waals surface area contributed by atoms with Crippen molar-refractivity contribution in [3.8, 4) is 0 Å². The predicted octanol–water partition coefficient (Wildman–Crippen LogP) is 3.88. The van der Waals surface area contributed by atoms with Gasteiger partial charge in [-0.25, -0.2) is 0 Å². The molecule has 0 atom stereocenters. The fourth-order valence-electron chi connectivity index (χ4n) is 2.76. The van der Waals surface area contributed by atoms with Gasteiger partial charge in [-0.2, -0.15) is 0 Å². The monoisotopic (exact) mass is 268 g/mol. The molecule has 2 aromatic rings. The molecule has 2 heteroatoms. The third kappa shape index (κ3) is 2.79. The van der Waals surface area contributed by atoms with Gasteiger partial charge in [-0.3, -0.25) is 0 Å². The Hall–Kier alpha value is -1.96. The van der Waals surface area contributed by atoms with Gasteiger partial charge in [0, 0.05) is 11.4 Å². The number of aryl methyl sites for hydroxylation is 2. The van der Waals surface area contributed by atoms with Gasteiger partial charge in [0.05, 0.1) is 0 Å². The van der Waals surface area contributed by atoms with Gasteiger partial charge >= 0.3 is 0 Å². The van der Waals surface area contributed by atoms with E-state index in [4.69, 9.17) is 11.5 Å². The van der Waals surface area contributed by atoms with Crippen LogP contribution >= 0.6 is 0 Å². The third-order valence-corrected chi connectivity index (χ3v) is 3.90. The zero-order chi connectivity index (χ0) is 14.7. The number of rotatable bonds is 4. The lowest BCUT2D eigenvalue weighted by Crippen LogP contribution is -2.07. The second-order valence-corrected chi connectivity index (χ2v) is 5.37. The highest BCUT2D eigenvalue weighted by atomic mass is 14.6. The van der Waals surface area contributed by atoms with Crippen molar-refractivity contribution >= 4 is 11.4 Å². The van der Waals surface area contributed by atoms with Gasteiger partial charge in [0.1, 0.15) is 0 Å². The minimum Gasteiger partial charge on any atom is -0.398 e. The molecular formula is C18H24N2. The van der Waals surface area contributed by atoms with Gasteiger partial charge in [-0.1, -0.05) is 49.7 Å². The molecule has 0 aromatic heterocycles. The molecule has 0 amide bonds. The lowest BCUT2D eigenvalue weighted by molar-refractivity contribution is 1.07. The Kier molecular flexibility index (Phi) is 4.33. The molecule has 0 radical (unpaired) electrons. The molecule has 2 rings (SSSR count). The van der Waals surface area contributed by atoms with Crippen LogP contribution in [-0.2, 0) is 19.3 Å². The first-order valence-electron chi connectivity index (χ1n) is 7.30. The molecule has 4 N–H and O–H groups in total. The van der Waals surface area contributed by atoms with E-state index in [9.17, 15) is 0 Å². The normalized spacial score (nSPS) is 10.8. The van der Waals surface area contributed by atoms with Crippen LogP contribution in [-0.4, -0.2) is 0 Å². The second-order valence-electron chi connectivity index (χ2n) is 5.37. The molecule has 2 aromatic carbocycles. The van der Waals surface area contributed by atoms with E-state index in [0.717, 1.165) is 36.2 Å². The Balaban J connectivity index is 2.46. The Morgan fingerprint density at radius 1 is 0.900 bits per heavy atom. The molecule has 0 aliphatic carbocycles. The van der Waals surface area contributed by atoms with Crippen LogP contribution in [0.5, 0.6) is 0 Å². The van der Waals surface area contributed by atoms with Crippen LogP contribution in [0.4, 0.5) is 11.4 Å². The highest BCUT2D eigenvalue weighted by molar-refractivity contribution is 5.69. The summed E-state index contributed by atoms with van der Waals surface area (Å²) in [6.45, 7) is 6.36. The summed E-state index contributed by atoms with van der Waals surface area (Å²) < 4.78 is 0. The van der Waals surface area contributed by atoms with Crippen molar-refractivity contribution in [2.24, 2.45) is 0 Å². The molecule has 2 nitrogen and oxygen atoms in total. The Morgan fingerprint density at radius 2 is 1.60 bits per heavy atom. The average molecular weight is 268 g/mol. The van der Waals surface area contributed by atoms with Gasteiger partial charge in [0.25, 0.3) is 0 Å². The minimum absolute atomic E-state index is 0.865. The molecule has 0 aliphatic rings. The van der Waals surface area contributed by atoms with Crippen molar-refractivity contribution in [2.45, 2.75) is 40.0 Å². The molecule has 0 aliphatic heterocycles. The van der Waals surface area contributed by atoms with Crippen molar-refractivity contribution in [1.29, 1.82) is 0 Å². The van der Waals surface area contributed by atoms with E-state index in [1.807, 2.05) is 0 Å². The summed E-state index contributed by atoms with van der Waals surface area (Å²) in [4.78, 5) is 0. The Morgan fingerprint density at radius 3 is 2.20 bits per heavy atom. The number of nitrogens with two attached hydrogens (primary N) is 2. The average Bonchev–Trinajstić information content (AvgIpc) is 2.42. The Bertz CT molecular complexity index is 615. The van der Waals surface area contributed by atoms with E-state index < -0.39 is 0 Å². The maximum atomic E-state index is 6.32. The molecule has 20 heavy (non-hydrogen) atoms. The van der Waals surface area contributed by atoms with Crippen molar-refractivity contribution in [1.82, 2.24) is 0 Å². The third-order valence-electron chi connectivity index (χ3n) is 3.90. The number of anilines is 2. The summed E-state index contributed by atoms with van der Waals surface area (Å²) in [6.07, 6.45) is 2.69. The molecule has 0 spiro atoms. The highest BCUT2D eigenvalue weighted by Crippen LogP contribution is 2.30. The van der Waals surface area contributed by atoms with Crippen LogP contribution in [0.2, 0.25) is 0 Å². The van der Waals surface area contributed by atoms with Crippen molar-refractivity contribution in [3.63, 3.8) is 0 Å². The zero-order valence-corrected chi connectivity index (χ0v) is 12.7. The van der Waals surface area contributed by atoms with Crippen LogP contribution in [0.1, 0.15) is 41.7 Å². The topological polar surface area (TPSA) is 52.0 Å². The van der Waals surface area contributed by atoms with Gasteiger partial charge < -0.3 is 11.5 Å². The molecular weight excluding hydrogens is 244 g/mol. The minimum atomic E-state index is 0.865. The van der Waals surface area contributed by atoms with Crippen LogP contribution in [0, 0.1) is 6.92 Å². The summed E-state index contributed by atoms with van der Waals surface area (Å²) >= 11 is 0. The zero-order valence-electron chi connectivity index (χ0n) is 12.7. The number of hydrogen-bond acceptors (Lipinski definition) is 2. The first-order valence-corrected chi connectivity index (χ1v) is 7.30. The first-order chi connectivity index (χ1) is 9.56. The van der Waals surface area contributed by atoms with Gasteiger partial charge in [-0.05, 0) is 48.4 Å². The van der Waals surface area contributed by atoms with Crippen LogP contribution < -0.4 is 11.5 Å². The van der Waals surface area contributed by atoms with E-state index in [-0.39, 0.29) is 0 Å². The van der Waals surface area contributed by atoms with E-state index in [0.29, 0.717) is 0 Å². The maximum absolute atomic E-state index is 6.32. The number of benzene rings is 2. The maximum Gasteiger partial charge on any atom is 0.0403 e. The van der Waals surface area contributed by atoms with E-state index in [2.05, 4.69) is 51.1 Å². The molecule has 0 saturated carbocycles. The van der Waals surface area contributed by atoms with Gasteiger partial charge in [0.2, 0.25) is 0 Å². The fraction of sp³-hybridized carbons (Fsp3) is 0.333. The van der Waals surface area contributed by atoms with Crippen molar-refractivity contribution in [2.75, 3.05) is 11.5 Å². The Labute approximate surface area is 121 Å². The summed E-state index contributed by atoms with van der Waals surface area (Å²) in [7, 11) is 0. The molecule has 0 fully saturated rings. The summed E-state index contributed by atoms with van der Waals surface area (Å²) in [5, 5.41) is 0. The number of nitrogen functional groups attached to an aromatic ring is 2. The summed E-state index contributed by atoms with van der Waals surface area (Å²) in [5.41, 5.74) is 20.4. The van der Waals surface area contributed by atoms with E-state index in [1.54, 1.807) is 0 Å². The van der Waals surface area contributed by atoms with Crippen LogP contribution in [0.15, 0.2) is 30.3 Å². The predicted molar refractivity (Wildman–Crippen MR) is 88.0 cm³/mol. The molecule has 0 bridgehead atoms. The van der Waals surface area contributed by atoms with Gasteiger partial charge in [0.15, 0.2) is 0 Å².